The van der Waals surface area contributed by atoms with Crippen LogP contribution in [0.2, 0.25) is 0 Å². The lowest BCUT2D eigenvalue weighted by Crippen LogP contribution is -2.21. The van der Waals surface area contributed by atoms with Gasteiger partial charge in [0.25, 0.3) is 0 Å². The highest BCUT2D eigenvalue weighted by Crippen LogP contribution is 2.35. The van der Waals surface area contributed by atoms with Crippen molar-refractivity contribution in [2.45, 2.75) is 26.2 Å². The molecular weight excluding hydrogens is 304 g/mol. The zero-order valence-corrected chi connectivity index (χ0v) is 15.0. The fourth-order valence-corrected chi connectivity index (χ4v) is 2.47. The molecule has 0 spiro atoms. The zero-order chi connectivity index (χ0) is 18.1. The van der Waals surface area contributed by atoms with Crippen LogP contribution < -0.4 is 9.64 Å². The molecule has 1 N–H and O–H groups in total. The van der Waals surface area contributed by atoms with Crippen molar-refractivity contribution < 1.29 is 14.6 Å². The lowest BCUT2D eigenvalue weighted by atomic mass is 9.88. The average molecular weight is 328 g/mol. The smallest absolute Gasteiger partial charge is 0.340 e. The minimum atomic E-state index is -0.996. The summed E-state index contributed by atoms with van der Waals surface area (Å²) in [5.41, 5.74) is 2.28. The first-order chi connectivity index (χ1) is 11.1. The SMILES string of the molecule is COc1cccc(-c2cc(C(C)(C)C)nc(N(C)C)c2C(=O)O)c1. The van der Waals surface area contributed by atoms with E-state index in [0.717, 1.165) is 11.3 Å². The first-order valence-electron chi connectivity index (χ1n) is 7.75. The maximum absolute atomic E-state index is 11.9. The van der Waals surface area contributed by atoms with Gasteiger partial charge in [0, 0.05) is 30.8 Å². The first-order valence-corrected chi connectivity index (χ1v) is 7.75. The van der Waals surface area contributed by atoms with E-state index in [2.05, 4.69) is 25.8 Å². The monoisotopic (exact) mass is 328 g/mol. The van der Waals surface area contributed by atoms with E-state index in [4.69, 9.17) is 4.74 Å². The number of carboxylic acid groups (broad SMARTS) is 1. The predicted molar refractivity (Wildman–Crippen MR) is 96.2 cm³/mol. The van der Waals surface area contributed by atoms with Gasteiger partial charge in [-0.15, -0.1) is 0 Å². The average Bonchev–Trinajstić information content (AvgIpc) is 2.52. The molecule has 0 aliphatic carbocycles. The van der Waals surface area contributed by atoms with Gasteiger partial charge in [0.15, 0.2) is 0 Å². The Morgan fingerprint density at radius 3 is 2.38 bits per heavy atom. The van der Waals surface area contributed by atoms with Crippen molar-refractivity contribution in [2.75, 3.05) is 26.1 Å². The number of benzene rings is 1. The summed E-state index contributed by atoms with van der Waals surface area (Å²) in [4.78, 5) is 18.3. The number of methoxy groups -OCH3 is 1. The molecule has 1 aromatic heterocycles. The van der Waals surface area contributed by atoms with E-state index in [0.29, 0.717) is 17.1 Å². The lowest BCUT2D eigenvalue weighted by Gasteiger charge is -2.24. The van der Waals surface area contributed by atoms with Crippen LogP contribution in [0.1, 0.15) is 36.8 Å². The molecule has 2 rings (SSSR count). The van der Waals surface area contributed by atoms with Crippen LogP contribution in [0.5, 0.6) is 5.75 Å². The Kier molecular flexibility index (Phi) is 4.83. The number of hydrogen-bond donors (Lipinski definition) is 1. The van der Waals surface area contributed by atoms with Crippen molar-refractivity contribution in [1.29, 1.82) is 0 Å². The van der Waals surface area contributed by atoms with Gasteiger partial charge in [-0.2, -0.15) is 0 Å². The van der Waals surface area contributed by atoms with Crippen LogP contribution in [0.15, 0.2) is 30.3 Å². The molecule has 24 heavy (non-hydrogen) atoms. The fraction of sp³-hybridized carbons (Fsp3) is 0.368. The van der Waals surface area contributed by atoms with Crippen LogP contribution >= 0.6 is 0 Å². The summed E-state index contributed by atoms with van der Waals surface area (Å²) in [5.74, 6) is 0.140. The standard InChI is InChI=1S/C19H24N2O3/c1-19(2,3)15-11-14(12-8-7-9-13(10-12)24-6)16(18(22)23)17(20-15)21(4)5/h7-11H,1-6H3,(H,22,23). The Labute approximate surface area is 142 Å². The summed E-state index contributed by atoms with van der Waals surface area (Å²) >= 11 is 0. The number of ether oxygens (including phenoxy) is 1. The summed E-state index contributed by atoms with van der Waals surface area (Å²) in [6.45, 7) is 6.18. The third-order valence-corrected chi connectivity index (χ3v) is 3.79. The second kappa shape index (κ2) is 6.51. The van der Waals surface area contributed by atoms with Crippen LogP contribution in [0.25, 0.3) is 11.1 Å². The molecule has 5 heteroatoms. The normalized spacial score (nSPS) is 11.2. The minimum Gasteiger partial charge on any atom is -0.497 e. The van der Waals surface area contributed by atoms with Crippen LogP contribution in [0.4, 0.5) is 5.82 Å². The van der Waals surface area contributed by atoms with Gasteiger partial charge >= 0.3 is 5.97 Å². The first kappa shape index (κ1) is 17.8. The number of nitrogens with zero attached hydrogens (tertiary/aromatic N) is 2. The molecule has 0 unspecified atom stereocenters. The molecule has 0 amide bonds. The van der Waals surface area contributed by atoms with Crippen molar-refractivity contribution >= 4 is 11.8 Å². The molecule has 0 radical (unpaired) electrons. The van der Waals surface area contributed by atoms with Gasteiger partial charge in [-0.3, -0.25) is 0 Å². The maximum Gasteiger partial charge on any atom is 0.340 e. The largest absolute Gasteiger partial charge is 0.497 e. The van der Waals surface area contributed by atoms with Crippen LogP contribution in [-0.4, -0.2) is 37.3 Å². The molecule has 0 atom stereocenters. The van der Waals surface area contributed by atoms with E-state index in [9.17, 15) is 9.90 Å². The number of anilines is 1. The van der Waals surface area contributed by atoms with Gasteiger partial charge in [0.2, 0.25) is 0 Å². The van der Waals surface area contributed by atoms with E-state index < -0.39 is 5.97 Å². The van der Waals surface area contributed by atoms with Crippen LogP contribution in [0, 0.1) is 0 Å². The Balaban J connectivity index is 2.84. The molecule has 0 aliphatic rings. The summed E-state index contributed by atoms with van der Waals surface area (Å²) in [5, 5.41) is 9.78. The predicted octanol–water partition coefficient (Wildman–Crippen LogP) is 3.82. The molecule has 2 aromatic rings. The Bertz CT molecular complexity index is 762. The number of carbonyl (C=O) groups is 1. The van der Waals surface area contributed by atoms with Crippen molar-refractivity contribution in [3.8, 4) is 16.9 Å². The molecule has 1 heterocycles. The lowest BCUT2D eigenvalue weighted by molar-refractivity contribution is 0.0698. The van der Waals surface area contributed by atoms with Gasteiger partial charge in [-0.05, 0) is 23.8 Å². The van der Waals surface area contributed by atoms with Crippen LogP contribution in [-0.2, 0) is 5.41 Å². The molecule has 5 nitrogen and oxygen atoms in total. The second-order valence-electron chi connectivity index (χ2n) is 6.94. The highest BCUT2D eigenvalue weighted by molar-refractivity contribution is 6.01. The number of hydrogen-bond acceptors (Lipinski definition) is 4. The second-order valence-corrected chi connectivity index (χ2v) is 6.94. The molecular formula is C19H24N2O3. The van der Waals surface area contributed by atoms with Crippen molar-refractivity contribution in [3.05, 3.63) is 41.6 Å². The van der Waals surface area contributed by atoms with E-state index in [1.165, 1.54) is 0 Å². The fourth-order valence-electron chi connectivity index (χ4n) is 2.47. The number of pyridine rings is 1. The minimum absolute atomic E-state index is 0.196. The van der Waals surface area contributed by atoms with E-state index in [-0.39, 0.29) is 11.0 Å². The molecule has 0 fully saturated rings. The van der Waals surface area contributed by atoms with E-state index >= 15 is 0 Å². The Morgan fingerprint density at radius 1 is 1.21 bits per heavy atom. The third kappa shape index (κ3) is 3.50. The molecule has 0 aliphatic heterocycles. The Hall–Kier alpha value is -2.56. The summed E-state index contributed by atoms with van der Waals surface area (Å²) in [6.07, 6.45) is 0. The highest BCUT2D eigenvalue weighted by Gasteiger charge is 2.25. The van der Waals surface area contributed by atoms with Gasteiger partial charge < -0.3 is 14.7 Å². The Morgan fingerprint density at radius 2 is 1.88 bits per heavy atom. The maximum atomic E-state index is 11.9. The van der Waals surface area contributed by atoms with Gasteiger partial charge in [-0.1, -0.05) is 32.9 Å². The van der Waals surface area contributed by atoms with Gasteiger partial charge in [-0.25, -0.2) is 9.78 Å². The molecule has 1 aromatic carbocycles. The van der Waals surface area contributed by atoms with Crippen LogP contribution in [0.3, 0.4) is 0 Å². The van der Waals surface area contributed by atoms with Gasteiger partial charge in [0.1, 0.15) is 17.1 Å². The van der Waals surface area contributed by atoms with Gasteiger partial charge in [0.05, 0.1) is 7.11 Å². The van der Waals surface area contributed by atoms with Crippen molar-refractivity contribution in [3.63, 3.8) is 0 Å². The highest BCUT2D eigenvalue weighted by atomic mass is 16.5. The zero-order valence-electron chi connectivity index (χ0n) is 15.0. The summed E-state index contributed by atoms with van der Waals surface area (Å²) < 4.78 is 5.28. The number of aromatic carboxylic acids is 1. The molecule has 0 bridgehead atoms. The molecule has 0 saturated carbocycles. The third-order valence-electron chi connectivity index (χ3n) is 3.79. The molecule has 128 valence electrons. The van der Waals surface area contributed by atoms with E-state index in [1.807, 2.05) is 30.3 Å². The number of aromatic nitrogens is 1. The quantitative estimate of drug-likeness (QED) is 0.924. The topological polar surface area (TPSA) is 62.7 Å². The number of carboxylic acids is 1. The van der Waals surface area contributed by atoms with E-state index in [1.54, 1.807) is 26.1 Å². The summed E-state index contributed by atoms with van der Waals surface area (Å²) in [7, 11) is 5.20. The molecule has 0 saturated heterocycles. The summed E-state index contributed by atoms with van der Waals surface area (Å²) in [6, 6.07) is 9.28. The van der Waals surface area contributed by atoms with Crippen molar-refractivity contribution in [1.82, 2.24) is 4.98 Å². The number of rotatable bonds is 4. The van der Waals surface area contributed by atoms with Crippen molar-refractivity contribution in [2.24, 2.45) is 0 Å².